The molecule has 2 unspecified atom stereocenters. The number of hydrogen-bond acceptors (Lipinski definition) is 4. The Kier molecular flexibility index (Phi) is 4.82. The van der Waals surface area contributed by atoms with Crippen molar-refractivity contribution < 1.29 is 18.6 Å². The molecule has 1 aliphatic rings. The number of rotatable bonds is 4. The van der Waals surface area contributed by atoms with Crippen molar-refractivity contribution in [3.63, 3.8) is 0 Å². The Balaban J connectivity index is 2.18. The Morgan fingerprint density at radius 1 is 1.46 bits per heavy atom. The van der Waals surface area contributed by atoms with Crippen molar-refractivity contribution in [1.29, 1.82) is 0 Å². The Labute approximate surface area is 80.0 Å². The van der Waals surface area contributed by atoms with Crippen LogP contribution in [-0.2, 0) is 15.8 Å². The van der Waals surface area contributed by atoms with Crippen molar-refractivity contribution in [2.75, 3.05) is 38.6 Å². The lowest BCUT2D eigenvalue weighted by molar-refractivity contribution is 0.0186. The highest BCUT2D eigenvalue weighted by atomic mass is 32.2. The van der Waals surface area contributed by atoms with Crippen LogP contribution in [0.4, 0.5) is 0 Å². The molecule has 0 spiro atoms. The molecule has 0 aliphatic carbocycles. The van der Waals surface area contributed by atoms with Crippen molar-refractivity contribution in [1.82, 2.24) is 4.90 Å². The molecular formula is C7H15NO4S. The highest BCUT2D eigenvalue weighted by Gasteiger charge is 2.15. The average molecular weight is 209 g/mol. The predicted octanol–water partition coefficient (Wildman–Crippen LogP) is -1.10. The molecule has 13 heavy (non-hydrogen) atoms. The van der Waals surface area contributed by atoms with Gasteiger partial charge in [0.05, 0.1) is 25.1 Å². The highest BCUT2D eigenvalue weighted by Crippen LogP contribution is 1.99. The van der Waals surface area contributed by atoms with Crippen molar-refractivity contribution in [2.24, 2.45) is 0 Å². The van der Waals surface area contributed by atoms with E-state index in [9.17, 15) is 9.32 Å². The first kappa shape index (κ1) is 11.1. The molecule has 0 amide bonds. The summed E-state index contributed by atoms with van der Waals surface area (Å²) in [5.74, 6) is -0.0721. The van der Waals surface area contributed by atoms with Gasteiger partial charge in [-0.3, -0.25) is 4.90 Å². The SMILES string of the molecule is O=S(O)CC(O)CN1CCOCC1. The quantitative estimate of drug-likeness (QED) is 0.575. The molecule has 5 nitrogen and oxygen atoms in total. The monoisotopic (exact) mass is 209 g/mol. The van der Waals surface area contributed by atoms with Crippen LogP contribution in [0.3, 0.4) is 0 Å². The summed E-state index contributed by atoms with van der Waals surface area (Å²) in [6, 6.07) is 0. The van der Waals surface area contributed by atoms with Gasteiger partial charge >= 0.3 is 0 Å². The first-order valence-corrected chi connectivity index (χ1v) is 5.51. The summed E-state index contributed by atoms with van der Waals surface area (Å²) in [7, 11) is 0. The number of morpholine rings is 1. The zero-order chi connectivity index (χ0) is 9.68. The van der Waals surface area contributed by atoms with E-state index >= 15 is 0 Å². The molecule has 2 N–H and O–H groups in total. The van der Waals surface area contributed by atoms with Gasteiger partial charge in [0.25, 0.3) is 0 Å². The Bertz CT molecular complexity index is 172. The number of ether oxygens (including phenoxy) is 1. The van der Waals surface area contributed by atoms with Crippen molar-refractivity contribution in [2.45, 2.75) is 6.10 Å². The summed E-state index contributed by atoms with van der Waals surface area (Å²) in [5, 5.41) is 9.34. The normalized spacial score (nSPS) is 24.2. The smallest absolute Gasteiger partial charge is 0.155 e. The van der Waals surface area contributed by atoms with E-state index in [2.05, 4.69) is 0 Å². The van der Waals surface area contributed by atoms with Gasteiger partial charge in [-0.2, -0.15) is 0 Å². The van der Waals surface area contributed by atoms with Crippen LogP contribution in [0.5, 0.6) is 0 Å². The van der Waals surface area contributed by atoms with E-state index in [4.69, 9.17) is 9.29 Å². The summed E-state index contributed by atoms with van der Waals surface area (Å²) >= 11 is -1.91. The van der Waals surface area contributed by atoms with E-state index in [0.717, 1.165) is 13.1 Å². The second kappa shape index (κ2) is 5.66. The summed E-state index contributed by atoms with van der Waals surface area (Å²) in [6.07, 6.45) is -0.719. The van der Waals surface area contributed by atoms with Crippen LogP contribution in [0.15, 0.2) is 0 Å². The maximum absolute atomic E-state index is 10.4. The van der Waals surface area contributed by atoms with Crippen LogP contribution in [0.25, 0.3) is 0 Å². The van der Waals surface area contributed by atoms with Gasteiger partial charge in [-0.15, -0.1) is 0 Å². The van der Waals surface area contributed by atoms with Gasteiger partial charge in [-0.05, 0) is 0 Å². The van der Waals surface area contributed by atoms with E-state index < -0.39 is 17.2 Å². The lowest BCUT2D eigenvalue weighted by Gasteiger charge is -2.28. The van der Waals surface area contributed by atoms with Crippen LogP contribution >= 0.6 is 0 Å². The molecular weight excluding hydrogens is 194 g/mol. The largest absolute Gasteiger partial charge is 0.391 e. The molecule has 78 valence electrons. The summed E-state index contributed by atoms with van der Waals surface area (Å²) in [6.45, 7) is 3.38. The molecule has 1 rings (SSSR count). The minimum absolute atomic E-state index is 0.0721. The minimum Gasteiger partial charge on any atom is -0.391 e. The van der Waals surface area contributed by atoms with Crippen molar-refractivity contribution in [3.05, 3.63) is 0 Å². The summed E-state index contributed by atoms with van der Waals surface area (Å²) in [4.78, 5) is 2.03. The Hall–Kier alpha value is -0.0100. The lowest BCUT2D eigenvalue weighted by atomic mass is 10.3. The lowest BCUT2D eigenvalue weighted by Crippen LogP contribution is -2.42. The van der Waals surface area contributed by atoms with E-state index in [0.29, 0.717) is 19.8 Å². The van der Waals surface area contributed by atoms with E-state index in [1.165, 1.54) is 0 Å². The third-order valence-corrected chi connectivity index (χ3v) is 2.58. The Morgan fingerprint density at radius 2 is 2.08 bits per heavy atom. The van der Waals surface area contributed by atoms with Gasteiger partial charge in [-0.25, -0.2) is 4.21 Å². The van der Waals surface area contributed by atoms with Gasteiger partial charge in [0, 0.05) is 19.6 Å². The predicted molar refractivity (Wildman–Crippen MR) is 48.9 cm³/mol. The molecule has 0 aromatic rings. The Morgan fingerprint density at radius 3 is 2.62 bits per heavy atom. The standard InChI is InChI=1S/C7H15NO4S/c9-7(6-13(10)11)5-8-1-3-12-4-2-8/h7,9H,1-6H2,(H,10,11). The number of β-amino-alcohol motifs (C(OH)–C–C–N with tert-alkyl or cyclic N) is 1. The molecule has 1 fully saturated rings. The fourth-order valence-electron chi connectivity index (χ4n) is 1.30. The molecule has 1 saturated heterocycles. The maximum Gasteiger partial charge on any atom is 0.155 e. The van der Waals surface area contributed by atoms with Gasteiger partial charge in [-0.1, -0.05) is 0 Å². The molecule has 0 radical (unpaired) electrons. The second-order valence-electron chi connectivity index (χ2n) is 3.05. The first-order valence-electron chi connectivity index (χ1n) is 4.24. The third-order valence-electron chi connectivity index (χ3n) is 1.91. The fourth-order valence-corrected chi connectivity index (χ4v) is 1.73. The maximum atomic E-state index is 10.4. The van der Waals surface area contributed by atoms with Gasteiger partial charge in [0.15, 0.2) is 11.1 Å². The topological polar surface area (TPSA) is 70.0 Å². The van der Waals surface area contributed by atoms with Crippen LogP contribution in [0, 0.1) is 0 Å². The van der Waals surface area contributed by atoms with Crippen LogP contribution < -0.4 is 0 Å². The molecule has 1 aliphatic heterocycles. The molecule has 0 aromatic heterocycles. The van der Waals surface area contributed by atoms with E-state index in [-0.39, 0.29) is 5.75 Å². The zero-order valence-corrected chi connectivity index (χ0v) is 8.20. The van der Waals surface area contributed by atoms with Gasteiger partial charge in [0.2, 0.25) is 0 Å². The highest BCUT2D eigenvalue weighted by molar-refractivity contribution is 7.79. The second-order valence-corrected chi connectivity index (χ2v) is 4.03. The van der Waals surface area contributed by atoms with Crippen molar-refractivity contribution >= 4 is 11.1 Å². The summed E-state index contributed by atoms with van der Waals surface area (Å²) < 4.78 is 24.0. The zero-order valence-electron chi connectivity index (χ0n) is 7.39. The number of nitrogens with zero attached hydrogens (tertiary/aromatic N) is 1. The first-order chi connectivity index (χ1) is 6.18. The van der Waals surface area contributed by atoms with Crippen LogP contribution in [-0.4, -0.2) is 63.5 Å². The third kappa shape index (κ3) is 4.68. The number of hydrogen-bond donors (Lipinski definition) is 2. The molecule has 0 aromatic carbocycles. The number of aliphatic hydroxyl groups is 1. The van der Waals surface area contributed by atoms with Gasteiger partial charge < -0.3 is 14.4 Å². The molecule has 0 saturated carbocycles. The fraction of sp³-hybridized carbons (Fsp3) is 1.00. The molecule has 2 atom stereocenters. The molecule has 6 heteroatoms. The molecule has 1 heterocycles. The van der Waals surface area contributed by atoms with Crippen LogP contribution in [0.2, 0.25) is 0 Å². The van der Waals surface area contributed by atoms with Crippen molar-refractivity contribution in [3.8, 4) is 0 Å². The van der Waals surface area contributed by atoms with Gasteiger partial charge in [0.1, 0.15) is 0 Å². The number of aliphatic hydroxyl groups excluding tert-OH is 1. The molecule has 0 bridgehead atoms. The average Bonchev–Trinajstić information content (AvgIpc) is 2.04. The summed E-state index contributed by atoms with van der Waals surface area (Å²) in [5.41, 5.74) is 0. The van der Waals surface area contributed by atoms with E-state index in [1.54, 1.807) is 0 Å². The van der Waals surface area contributed by atoms with E-state index in [1.807, 2.05) is 4.90 Å². The minimum atomic E-state index is -1.91. The van der Waals surface area contributed by atoms with Crippen LogP contribution in [0.1, 0.15) is 0 Å².